The van der Waals surface area contributed by atoms with Gasteiger partial charge in [-0.3, -0.25) is 4.79 Å². The summed E-state index contributed by atoms with van der Waals surface area (Å²) in [5.74, 6) is -0.493. The van der Waals surface area contributed by atoms with Crippen LogP contribution in [-0.2, 0) is 10.0 Å². The van der Waals surface area contributed by atoms with E-state index in [4.69, 9.17) is 10.9 Å². The average Bonchev–Trinajstić information content (AvgIpc) is 2.41. The minimum Gasteiger partial charge on any atom is -0.398 e. The summed E-state index contributed by atoms with van der Waals surface area (Å²) >= 11 is 0. The number of carbonyl (C=O) groups is 1. The highest BCUT2D eigenvalue weighted by atomic mass is 32.2. The third-order valence-corrected chi connectivity index (χ3v) is 3.98. The van der Waals surface area contributed by atoms with Crippen molar-refractivity contribution in [3.63, 3.8) is 0 Å². The third kappa shape index (κ3) is 3.21. The second kappa shape index (κ2) is 5.55. The molecule has 0 spiro atoms. The van der Waals surface area contributed by atoms with Gasteiger partial charge in [0.05, 0.1) is 11.3 Å². The van der Waals surface area contributed by atoms with Crippen molar-refractivity contribution in [2.45, 2.75) is 11.8 Å². The van der Waals surface area contributed by atoms with Crippen molar-refractivity contribution in [2.75, 3.05) is 11.1 Å². The van der Waals surface area contributed by atoms with E-state index < -0.39 is 15.9 Å². The summed E-state index contributed by atoms with van der Waals surface area (Å²) in [6.07, 6.45) is 0. The Labute approximate surface area is 122 Å². The first-order valence-electron chi connectivity index (χ1n) is 6.09. The number of para-hydroxylation sites is 2. The third-order valence-electron chi connectivity index (χ3n) is 3.01. The fourth-order valence-corrected chi connectivity index (χ4v) is 2.58. The van der Waals surface area contributed by atoms with E-state index in [1.165, 1.54) is 18.2 Å². The largest absolute Gasteiger partial charge is 0.398 e. The summed E-state index contributed by atoms with van der Waals surface area (Å²) in [7, 11) is -3.93. The van der Waals surface area contributed by atoms with Gasteiger partial charge in [-0.2, -0.15) is 0 Å². The highest BCUT2D eigenvalue weighted by Gasteiger charge is 2.17. The fourth-order valence-electron chi connectivity index (χ4n) is 1.89. The van der Waals surface area contributed by atoms with E-state index in [0.717, 1.165) is 5.56 Å². The van der Waals surface area contributed by atoms with Gasteiger partial charge in [0.1, 0.15) is 4.90 Å². The van der Waals surface area contributed by atoms with Crippen molar-refractivity contribution in [3.05, 3.63) is 53.6 Å². The van der Waals surface area contributed by atoms with E-state index in [2.05, 4.69) is 5.32 Å². The SMILES string of the molecule is Cc1cccc(C(=O)Nc2ccccc2S(N)(=O)=O)c1N. The minimum atomic E-state index is -3.93. The number of anilines is 2. The Morgan fingerprint density at radius 2 is 1.76 bits per heavy atom. The highest BCUT2D eigenvalue weighted by molar-refractivity contribution is 7.89. The number of hydrogen-bond acceptors (Lipinski definition) is 4. The Morgan fingerprint density at radius 1 is 1.10 bits per heavy atom. The average molecular weight is 305 g/mol. The summed E-state index contributed by atoms with van der Waals surface area (Å²) in [5, 5.41) is 7.65. The molecule has 0 aliphatic heterocycles. The van der Waals surface area contributed by atoms with Crippen LogP contribution >= 0.6 is 0 Å². The van der Waals surface area contributed by atoms with Gasteiger partial charge in [0.25, 0.3) is 5.91 Å². The molecule has 0 radical (unpaired) electrons. The van der Waals surface area contributed by atoms with Gasteiger partial charge in [-0.1, -0.05) is 24.3 Å². The number of hydrogen-bond donors (Lipinski definition) is 3. The van der Waals surface area contributed by atoms with E-state index >= 15 is 0 Å². The number of nitrogen functional groups attached to an aromatic ring is 1. The number of nitrogens with one attached hydrogen (secondary N) is 1. The summed E-state index contributed by atoms with van der Waals surface area (Å²) in [5.41, 5.74) is 7.37. The number of benzene rings is 2. The molecule has 2 aromatic carbocycles. The maximum Gasteiger partial charge on any atom is 0.257 e. The van der Waals surface area contributed by atoms with Crippen LogP contribution in [0.3, 0.4) is 0 Å². The number of sulfonamides is 1. The van der Waals surface area contributed by atoms with Crippen molar-refractivity contribution < 1.29 is 13.2 Å². The lowest BCUT2D eigenvalue weighted by molar-refractivity contribution is 0.102. The van der Waals surface area contributed by atoms with Crippen LogP contribution in [0.2, 0.25) is 0 Å². The Morgan fingerprint density at radius 3 is 2.43 bits per heavy atom. The van der Waals surface area contributed by atoms with E-state index in [1.54, 1.807) is 31.2 Å². The smallest absolute Gasteiger partial charge is 0.257 e. The molecule has 110 valence electrons. The molecule has 0 aliphatic carbocycles. The molecule has 0 fully saturated rings. The first kappa shape index (κ1) is 15.0. The lowest BCUT2D eigenvalue weighted by Gasteiger charge is -2.11. The van der Waals surface area contributed by atoms with Crippen LogP contribution in [0.25, 0.3) is 0 Å². The van der Waals surface area contributed by atoms with E-state index in [-0.39, 0.29) is 16.1 Å². The van der Waals surface area contributed by atoms with Gasteiger partial charge in [0, 0.05) is 5.69 Å². The van der Waals surface area contributed by atoms with Crippen molar-refractivity contribution >= 4 is 27.3 Å². The summed E-state index contributed by atoms with van der Waals surface area (Å²) in [6.45, 7) is 1.78. The quantitative estimate of drug-likeness (QED) is 0.745. The van der Waals surface area contributed by atoms with Crippen LogP contribution < -0.4 is 16.2 Å². The Kier molecular flexibility index (Phi) is 3.97. The minimum absolute atomic E-state index is 0.117. The number of carbonyl (C=O) groups excluding carboxylic acids is 1. The van der Waals surface area contributed by atoms with Gasteiger partial charge < -0.3 is 11.1 Å². The molecule has 2 rings (SSSR count). The molecule has 0 bridgehead atoms. The van der Waals surface area contributed by atoms with Gasteiger partial charge in [-0.05, 0) is 30.7 Å². The lowest BCUT2D eigenvalue weighted by Crippen LogP contribution is -2.19. The van der Waals surface area contributed by atoms with Gasteiger partial charge in [-0.15, -0.1) is 0 Å². The molecular formula is C14H15N3O3S. The van der Waals surface area contributed by atoms with Gasteiger partial charge in [-0.25, -0.2) is 13.6 Å². The van der Waals surface area contributed by atoms with Crippen LogP contribution in [0.5, 0.6) is 0 Å². The van der Waals surface area contributed by atoms with Crippen LogP contribution in [0, 0.1) is 6.92 Å². The maximum atomic E-state index is 12.2. The molecule has 0 aromatic heterocycles. The molecule has 0 saturated carbocycles. The van der Waals surface area contributed by atoms with Crippen LogP contribution in [0.1, 0.15) is 15.9 Å². The van der Waals surface area contributed by atoms with Crippen LogP contribution in [0.15, 0.2) is 47.4 Å². The molecule has 0 atom stereocenters. The molecule has 5 N–H and O–H groups in total. The number of primary sulfonamides is 1. The molecule has 0 saturated heterocycles. The Bertz CT molecular complexity index is 801. The number of nitrogens with two attached hydrogens (primary N) is 2. The molecule has 6 nitrogen and oxygen atoms in total. The molecule has 0 aliphatic rings. The topological polar surface area (TPSA) is 115 Å². The van der Waals surface area contributed by atoms with E-state index in [0.29, 0.717) is 5.69 Å². The summed E-state index contributed by atoms with van der Waals surface area (Å²) in [6, 6.07) is 11.0. The van der Waals surface area contributed by atoms with Crippen LogP contribution in [-0.4, -0.2) is 14.3 Å². The number of rotatable bonds is 3. The summed E-state index contributed by atoms with van der Waals surface area (Å²) in [4.78, 5) is 12.1. The highest BCUT2D eigenvalue weighted by Crippen LogP contribution is 2.22. The van der Waals surface area contributed by atoms with Crippen molar-refractivity contribution in [2.24, 2.45) is 5.14 Å². The standard InChI is InChI=1S/C14H15N3O3S/c1-9-5-4-6-10(13(9)15)14(18)17-11-7-2-3-8-12(11)21(16,19)20/h2-8H,15H2,1H3,(H,17,18)(H2,16,19,20). The monoisotopic (exact) mass is 305 g/mol. The zero-order valence-corrected chi connectivity index (χ0v) is 12.1. The van der Waals surface area contributed by atoms with E-state index in [9.17, 15) is 13.2 Å². The van der Waals surface area contributed by atoms with Crippen LogP contribution in [0.4, 0.5) is 11.4 Å². The second-order valence-electron chi connectivity index (χ2n) is 4.53. The second-order valence-corrected chi connectivity index (χ2v) is 6.06. The van der Waals surface area contributed by atoms with Crippen molar-refractivity contribution in [1.82, 2.24) is 0 Å². The summed E-state index contributed by atoms with van der Waals surface area (Å²) < 4.78 is 23.0. The zero-order valence-electron chi connectivity index (χ0n) is 11.3. The molecule has 21 heavy (non-hydrogen) atoms. The van der Waals surface area contributed by atoms with Crippen molar-refractivity contribution in [1.29, 1.82) is 0 Å². The predicted octanol–water partition coefficient (Wildman–Crippen LogP) is 1.48. The van der Waals surface area contributed by atoms with Gasteiger partial charge in [0.15, 0.2) is 0 Å². The lowest BCUT2D eigenvalue weighted by atomic mass is 10.1. The molecule has 2 aromatic rings. The normalized spacial score (nSPS) is 11.1. The Balaban J connectivity index is 2.40. The molecule has 0 heterocycles. The molecule has 7 heteroatoms. The first-order chi connectivity index (χ1) is 9.80. The fraction of sp³-hybridized carbons (Fsp3) is 0.0714. The molecule has 0 unspecified atom stereocenters. The van der Waals surface area contributed by atoms with E-state index in [1.807, 2.05) is 0 Å². The first-order valence-corrected chi connectivity index (χ1v) is 7.63. The molecule has 1 amide bonds. The van der Waals surface area contributed by atoms with Gasteiger partial charge >= 0.3 is 0 Å². The van der Waals surface area contributed by atoms with Crippen molar-refractivity contribution in [3.8, 4) is 0 Å². The molecular weight excluding hydrogens is 290 g/mol. The number of amides is 1. The predicted molar refractivity (Wildman–Crippen MR) is 81.4 cm³/mol. The Hall–Kier alpha value is -2.38. The number of aryl methyl sites for hydroxylation is 1. The maximum absolute atomic E-state index is 12.2. The van der Waals surface area contributed by atoms with Gasteiger partial charge in [0.2, 0.25) is 10.0 Å². The zero-order chi connectivity index (χ0) is 15.6.